The first-order chi connectivity index (χ1) is 9.43. The van der Waals surface area contributed by atoms with Crippen LogP contribution in [0.4, 0.5) is 8.78 Å². The smallest absolute Gasteiger partial charge is 0.165 e. The van der Waals surface area contributed by atoms with Gasteiger partial charge in [0, 0.05) is 5.56 Å². The molecule has 0 aliphatic heterocycles. The zero-order valence-electron chi connectivity index (χ0n) is 11.5. The molecule has 1 aliphatic rings. The molecule has 0 saturated carbocycles. The van der Waals surface area contributed by atoms with Crippen LogP contribution in [0.3, 0.4) is 0 Å². The van der Waals surface area contributed by atoms with E-state index in [0.29, 0.717) is 18.4 Å². The molecule has 0 amide bonds. The van der Waals surface area contributed by atoms with Gasteiger partial charge in [0.1, 0.15) is 5.60 Å². The summed E-state index contributed by atoms with van der Waals surface area (Å²) in [6.07, 6.45) is 1.05. The standard InChI is InChI=1S/C17H16F2O/c1-10-3-5-12-7-8-17(20,14(12)9-10)13-6-4-11(2)15(18)16(13)19/h3-6,9,20H,7-8H2,1-2H3. The van der Waals surface area contributed by atoms with E-state index >= 15 is 0 Å². The van der Waals surface area contributed by atoms with Crippen LogP contribution in [0.15, 0.2) is 30.3 Å². The lowest BCUT2D eigenvalue weighted by molar-refractivity contribution is 0.0780. The van der Waals surface area contributed by atoms with Gasteiger partial charge in [-0.3, -0.25) is 0 Å². The fraction of sp³-hybridized carbons (Fsp3) is 0.294. The number of aliphatic hydroxyl groups is 1. The monoisotopic (exact) mass is 274 g/mol. The Hall–Kier alpha value is -1.74. The van der Waals surface area contributed by atoms with E-state index in [9.17, 15) is 13.9 Å². The Bertz CT molecular complexity index is 694. The Morgan fingerprint density at radius 1 is 1.00 bits per heavy atom. The van der Waals surface area contributed by atoms with Gasteiger partial charge in [-0.1, -0.05) is 35.9 Å². The molecule has 0 saturated heterocycles. The lowest BCUT2D eigenvalue weighted by Gasteiger charge is -2.26. The topological polar surface area (TPSA) is 20.2 Å². The van der Waals surface area contributed by atoms with Gasteiger partial charge in [0.2, 0.25) is 0 Å². The van der Waals surface area contributed by atoms with Crippen LogP contribution < -0.4 is 0 Å². The number of hydrogen-bond donors (Lipinski definition) is 1. The zero-order valence-corrected chi connectivity index (χ0v) is 11.5. The van der Waals surface area contributed by atoms with Crippen LogP contribution in [0.25, 0.3) is 0 Å². The van der Waals surface area contributed by atoms with Crippen molar-refractivity contribution in [1.29, 1.82) is 0 Å². The van der Waals surface area contributed by atoms with E-state index in [4.69, 9.17) is 0 Å². The van der Waals surface area contributed by atoms with Gasteiger partial charge in [-0.2, -0.15) is 0 Å². The fourth-order valence-corrected chi connectivity index (χ4v) is 2.99. The SMILES string of the molecule is Cc1ccc2c(c1)C(O)(c1ccc(C)c(F)c1F)CC2. The first kappa shape index (κ1) is 13.3. The minimum atomic E-state index is -1.43. The molecule has 3 rings (SSSR count). The summed E-state index contributed by atoms with van der Waals surface area (Å²) in [5.41, 5.74) is 1.54. The highest BCUT2D eigenvalue weighted by Crippen LogP contribution is 2.43. The van der Waals surface area contributed by atoms with E-state index in [0.717, 1.165) is 11.1 Å². The van der Waals surface area contributed by atoms with Gasteiger partial charge >= 0.3 is 0 Å². The molecule has 1 unspecified atom stereocenters. The molecule has 1 nitrogen and oxygen atoms in total. The number of fused-ring (bicyclic) bond motifs is 1. The van der Waals surface area contributed by atoms with Crippen molar-refractivity contribution in [2.45, 2.75) is 32.3 Å². The number of halogens is 2. The maximum atomic E-state index is 14.2. The van der Waals surface area contributed by atoms with E-state index in [-0.39, 0.29) is 11.1 Å². The third kappa shape index (κ3) is 1.77. The Morgan fingerprint density at radius 2 is 1.75 bits per heavy atom. The Labute approximate surface area is 116 Å². The van der Waals surface area contributed by atoms with Gasteiger partial charge in [-0.25, -0.2) is 8.78 Å². The molecular formula is C17H16F2O. The van der Waals surface area contributed by atoms with Crippen LogP contribution in [0.1, 0.15) is 34.2 Å². The summed E-state index contributed by atoms with van der Waals surface area (Å²) >= 11 is 0. The third-order valence-electron chi connectivity index (χ3n) is 4.19. The van der Waals surface area contributed by atoms with Crippen LogP contribution in [0.5, 0.6) is 0 Å². The van der Waals surface area contributed by atoms with E-state index in [1.54, 1.807) is 0 Å². The number of aryl methyl sites for hydroxylation is 3. The molecule has 1 atom stereocenters. The molecule has 1 N–H and O–H groups in total. The highest BCUT2D eigenvalue weighted by Gasteiger charge is 2.41. The Kier molecular flexibility index (Phi) is 2.91. The Morgan fingerprint density at radius 3 is 2.50 bits per heavy atom. The summed E-state index contributed by atoms with van der Waals surface area (Å²) in [6.45, 7) is 3.43. The van der Waals surface area contributed by atoms with Gasteiger partial charge in [0.15, 0.2) is 11.6 Å². The molecule has 0 bridgehead atoms. The van der Waals surface area contributed by atoms with Crippen molar-refractivity contribution in [2.24, 2.45) is 0 Å². The molecule has 0 spiro atoms. The summed E-state index contributed by atoms with van der Waals surface area (Å²) in [7, 11) is 0. The summed E-state index contributed by atoms with van der Waals surface area (Å²) in [5.74, 6) is -1.82. The number of benzene rings is 2. The minimum Gasteiger partial charge on any atom is -0.380 e. The summed E-state index contributed by atoms with van der Waals surface area (Å²) < 4.78 is 28.0. The van der Waals surface area contributed by atoms with Crippen LogP contribution in [-0.4, -0.2) is 5.11 Å². The predicted octanol–water partition coefficient (Wildman–Crippen LogP) is 3.76. The van der Waals surface area contributed by atoms with E-state index in [2.05, 4.69) is 0 Å². The molecule has 0 aromatic heterocycles. The molecule has 2 aromatic rings. The zero-order chi connectivity index (χ0) is 14.5. The second kappa shape index (κ2) is 4.38. The lowest BCUT2D eigenvalue weighted by atomic mass is 9.86. The maximum absolute atomic E-state index is 14.2. The molecule has 3 heteroatoms. The van der Waals surface area contributed by atoms with Gasteiger partial charge in [-0.05, 0) is 43.4 Å². The third-order valence-corrected chi connectivity index (χ3v) is 4.19. The van der Waals surface area contributed by atoms with Crippen LogP contribution in [0, 0.1) is 25.5 Å². The number of rotatable bonds is 1. The fourth-order valence-electron chi connectivity index (χ4n) is 2.99. The van der Waals surface area contributed by atoms with Crippen LogP contribution in [-0.2, 0) is 12.0 Å². The van der Waals surface area contributed by atoms with Crippen LogP contribution >= 0.6 is 0 Å². The van der Waals surface area contributed by atoms with Gasteiger partial charge in [0.25, 0.3) is 0 Å². The highest BCUT2D eigenvalue weighted by atomic mass is 19.2. The Balaban J connectivity index is 2.22. The van der Waals surface area contributed by atoms with Crippen molar-refractivity contribution in [2.75, 3.05) is 0 Å². The average Bonchev–Trinajstić information content (AvgIpc) is 2.74. The van der Waals surface area contributed by atoms with Gasteiger partial charge < -0.3 is 5.11 Å². The normalized spacial score (nSPS) is 21.1. The average molecular weight is 274 g/mol. The second-order valence-electron chi connectivity index (χ2n) is 5.58. The predicted molar refractivity (Wildman–Crippen MR) is 73.6 cm³/mol. The van der Waals surface area contributed by atoms with Gasteiger partial charge in [0.05, 0.1) is 0 Å². The van der Waals surface area contributed by atoms with Crippen molar-refractivity contribution in [3.63, 3.8) is 0 Å². The molecule has 0 heterocycles. The van der Waals surface area contributed by atoms with E-state index in [1.165, 1.54) is 19.1 Å². The van der Waals surface area contributed by atoms with E-state index < -0.39 is 17.2 Å². The first-order valence-corrected chi connectivity index (χ1v) is 6.71. The van der Waals surface area contributed by atoms with Crippen molar-refractivity contribution in [3.8, 4) is 0 Å². The quantitative estimate of drug-likeness (QED) is 0.839. The molecule has 0 radical (unpaired) electrons. The number of hydrogen-bond acceptors (Lipinski definition) is 1. The van der Waals surface area contributed by atoms with Crippen molar-refractivity contribution in [3.05, 3.63) is 69.8 Å². The molecule has 20 heavy (non-hydrogen) atoms. The molecular weight excluding hydrogens is 258 g/mol. The lowest BCUT2D eigenvalue weighted by Crippen LogP contribution is -2.26. The van der Waals surface area contributed by atoms with E-state index in [1.807, 2.05) is 25.1 Å². The van der Waals surface area contributed by atoms with Crippen molar-refractivity contribution < 1.29 is 13.9 Å². The largest absolute Gasteiger partial charge is 0.380 e. The summed E-state index contributed by atoms with van der Waals surface area (Å²) in [5, 5.41) is 10.9. The highest BCUT2D eigenvalue weighted by molar-refractivity contribution is 5.47. The molecule has 2 aromatic carbocycles. The first-order valence-electron chi connectivity index (χ1n) is 6.71. The molecule has 0 fully saturated rings. The molecule has 1 aliphatic carbocycles. The summed E-state index contributed by atoms with van der Waals surface area (Å²) in [4.78, 5) is 0. The van der Waals surface area contributed by atoms with Crippen molar-refractivity contribution >= 4 is 0 Å². The maximum Gasteiger partial charge on any atom is 0.165 e. The molecule has 104 valence electrons. The second-order valence-corrected chi connectivity index (χ2v) is 5.58. The van der Waals surface area contributed by atoms with Crippen molar-refractivity contribution in [1.82, 2.24) is 0 Å². The van der Waals surface area contributed by atoms with Crippen LogP contribution in [0.2, 0.25) is 0 Å². The minimum absolute atomic E-state index is 0.0324. The summed E-state index contributed by atoms with van der Waals surface area (Å²) in [6, 6.07) is 8.78. The van der Waals surface area contributed by atoms with Gasteiger partial charge in [-0.15, -0.1) is 0 Å².